The number of rotatable bonds is 9. The lowest BCUT2D eigenvalue weighted by atomic mass is 10.1. The van der Waals surface area contributed by atoms with Crippen LogP contribution in [0.15, 0.2) is 10.5 Å². The molecule has 0 aromatic carbocycles. The number of carbonyl (C=O) groups excluding carboxylic acids is 2. The molecule has 1 saturated heterocycles. The summed E-state index contributed by atoms with van der Waals surface area (Å²) in [6, 6.07) is 1.75. The summed E-state index contributed by atoms with van der Waals surface area (Å²) in [6.45, 7) is 6.11. The minimum atomic E-state index is -0.116. The van der Waals surface area contributed by atoms with E-state index in [1.54, 1.807) is 25.0 Å². The Kier molecular flexibility index (Phi) is 7.46. The molecule has 2 heterocycles. The zero-order valence-corrected chi connectivity index (χ0v) is 15.3. The topological polar surface area (TPSA) is 81.0 Å². The third-order valence-corrected chi connectivity index (χ3v) is 4.24. The number of nitrogens with one attached hydrogen (secondary N) is 1. The quantitative estimate of drug-likeness (QED) is 0.684. The number of methoxy groups -OCH3 is 1. The highest BCUT2D eigenvalue weighted by atomic mass is 16.5. The van der Waals surface area contributed by atoms with Crippen molar-refractivity contribution in [1.82, 2.24) is 10.2 Å². The molecule has 1 atom stereocenters. The zero-order valence-electron chi connectivity index (χ0n) is 15.3. The Labute approximate surface area is 148 Å². The molecule has 1 unspecified atom stereocenters. The minimum absolute atomic E-state index is 0.0359. The van der Waals surface area contributed by atoms with Gasteiger partial charge in [-0.3, -0.25) is 9.59 Å². The first-order chi connectivity index (χ1) is 12.0. The van der Waals surface area contributed by atoms with Crippen LogP contribution in [0.3, 0.4) is 0 Å². The third-order valence-electron chi connectivity index (χ3n) is 4.24. The molecule has 0 spiro atoms. The molecule has 1 fully saturated rings. The summed E-state index contributed by atoms with van der Waals surface area (Å²) in [4.78, 5) is 26.5. The van der Waals surface area contributed by atoms with Crippen molar-refractivity contribution in [3.8, 4) is 0 Å². The van der Waals surface area contributed by atoms with Crippen molar-refractivity contribution in [3.63, 3.8) is 0 Å². The second kappa shape index (κ2) is 9.58. The van der Waals surface area contributed by atoms with Crippen LogP contribution in [-0.4, -0.2) is 62.8 Å². The van der Waals surface area contributed by atoms with Gasteiger partial charge < -0.3 is 24.1 Å². The molecule has 0 aliphatic carbocycles. The summed E-state index contributed by atoms with van der Waals surface area (Å²) in [5, 5.41) is 2.78. The predicted molar refractivity (Wildman–Crippen MR) is 92.6 cm³/mol. The van der Waals surface area contributed by atoms with E-state index in [1.807, 2.05) is 6.92 Å². The van der Waals surface area contributed by atoms with E-state index in [9.17, 15) is 9.59 Å². The van der Waals surface area contributed by atoms with Crippen LogP contribution >= 0.6 is 0 Å². The number of hydrogen-bond donors (Lipinski definition) is 1. The molecule has 0 saturated carbocycles. The van der Waals surface area contributed by atoms with E-state index < -0.39 is 0 Å². The minimum Gasteiger partial charge on any atom is -0.466 e. The first-order valence-corrected chi connectivity index (χ1v) is 8.74. The molecule has 25 heavy (non-hydrogen) atoms. The first-order valence-electron chi connectivity index (χ1n) is 8.74. The molecule has 1 aromatic rings. The third kappa shape index (κ3) is 5.86. The Morgan fingerprint density at radius 2 is 2.20 bits per heavy atom. The van der Waals surface area contributed by atoms with E-state index in [1.165, 1.54) is 0 Å². The average molecular weight is 352 g/mol. The largest absolute Gasteiger partial charge is 0.466 e. The Morgan fingerprint density at radius 1 is 1.40 bits per heavy atom. The Morgan fingerprint density at radius 3 is 2.80 bits per heavy atom. The van der Waals surface area contributed by atoms with Crippen LogP contribution in [0.4, 0.5) is 0 Å². The maximum absolute atomic E-state index is 12.9. The van der Waals surface area contributed by atoms with E-state index in [0.717, 1.165) is 19.4 Å². The zero-order chi connectivity index (χ0) is 18.2. The summed E-state index contributed by atoms with van der Waals surface area (Å²) >= 11 is 0. The maximum Gasteiger partial charge on any atom is 0.257 e. The normalized spacial score (nSPS) is 16.8. The van der Waals surface area contributed by atoms with Gasteiger partial charge in [0.05, 0.1) is 18.3 Å². The smallest absolute Gasteiger partial charge is 0.257 e. The number of amides is 2. The van der Waals surface area contributed by atoms with E-state index in [-0.39, 0.29) is 24.3 Å². The number of aryl methyl sites for hydroxylation is 2. The summed E-state index contributed by atoms with van der Waals surface area (Å²) in [5.74, 6) is 1.09. The summed E-state index contributed by atoms with van der Waals surface area (Å²) < 4.78 is 16.0. The predicted octanol–water partition coefficient (Wildman–Crippen LogP) is 1.67. The van der Waals surface area contributed by atoms with Gasteiger partial charge in [-0.2, -0.15) is 0 Å². The molecule has 1 N–H and O–H groups in total. The molecular weight excluding hydrogens is 324 g/mol. The van der Waals surface area contributed by atoms with Gasteiger partial charge in [0.25, 0.3) is 5.91 Å². The van der Waals surface area contributed by atoms with Crippen LogP contribution in [0.1, 0.15) is 41.1 Å². The van der Waals surface area contributed by atoms with Gasteiger partial charge in [0, 0.05) is 39.8 Å². The standard InChI is InChI=1S/C18H28N2O5/c1-13-11-16(14(2)25-13)18(22)20(12-15-5-4-9-24-15)8-6-17(21)19-7-10-23-3/h11,15H,4-10,12H2,1-3H3,(H,19,21). The fraction of sp³-hybridized carbons (Fsp3) is 0.667. The fourth-order valence-corrected chi connectivity index (χ4v) is 2.94. The molecule has 1 aliphatic heterocycles. The molecule has 7 heteroatoms. The van der Waals surface area contributed by atoms with Crippen molar-refractivity contribution in [2.75, 3.05) is 40.0 Å². The highest BCUT2D eigenvalue weighted by Gasteiger charge is 2.26. The molecule has 0 bridgehead atoms. The first kappa shape index (κ1) is 19.5. The van der Waals surface area contributed by atoms with Crippen molar-refractivity contribution in [2.45, 2.75) is 39.2 Å². The van der Waals surface area contributed by atoms with Crippen molar-refractivity contribution in [1.29, 1.82) is 0 Å². The van der Waals surface area contributed by atoms with E-state index >= 15 is 0 Å². The van der Waals surface area contributed by atoms with E-state index in [4.69, 9.17) is 13.9 Å². The Hall–Kier alpha value is -1.86. The molecule has 1 aromatic heterocycles. The molecule has 2 amide bonds. The van der Waals surface area contributed by atoms with Crippen LogP contribution in [-0.2, 0) is 14.3 Å². The van der Waals surface area contributed by atoms with Gasteiger partial charge in [-0.25, -0.2) is 0 Å². The summed E-state index contributed by atoms with van der Waals surface area (Å²) in [7, 11) is 1.59. The van der Waals surface area contributed by atoms with E-state index in [2.05, 4.69) is 5.32 Å². The summed E-state index contributed by atoms with van der Waals surface area (Å²) in [6.07, 6.45) is 2.23. The van der Waals surface area contributed by atoms with Crippen LogP contribution in [0.5, 0.6) is 0 Å². The second-order valence-electron chi connectivity index (χ2n) is 6.31. The molecule has 2 rings (SSSR count). The van der Waals surface area contributed by atoms with Gasteiger partial charge in [0.2, 0.25) is 5.91 Å². The van der Waals surface area contributed by atoms with Gasteiger partial charge >= 0.3 is 0 Å². The Balaban J connectivity index is 1.98. The van der Waals surface area contributed by atoms with Crippen molar-refractivity contribution >= 4 is 11.8 Å². The lowest BCUT2D eigenvalue weighted by Crippen LogP contribution is -2.40. The van der Waals surface area contributed by atoms with Crippen LogP contribution < -0.4 is 5.32 Å². The van der Waals surface area contributed by atoms with Crippen LogP contribution in [0.2, 0.25) is 0 Å². The van der Waals surface area contributed by atoms with Crippen LogP contribution in [0, 0.1) is 13.8 Å². The van der Waals surface area contributed by atoms with Gasteiger partial charge in [0.1, 0.15) is 11.5 Å². The number of hydrogen-bond acceptors (Lipinski definition) is 5. The molecule has 0 radical (unpaired) electrons. The van der Waals surface area contributed by atoms with Gasteiger partial charge in [-0.1, -0.05) is 0 Å². The Bertz CT molecular complexity index is 578. The monoisotopic (exact) mass is 352 g/mol. The fourth-order valence-electron chi connectivity index (χ4n) is 2.94. The molecule has 7 nitrogen and oxygen atoms in total. The maximum atomic E-state index is 12.9. The average Bonchev–Trinajstić information content (AvgIpc) is 3.20. The number of ether oxygens (including phenoxy) is 2. The highest BCUT2D eigenvalue weighted by Crippen LogP contribution is 2.19. The highest BCUT2D eigenvalue weighted by molar-refractivity contribution is 5.95. The van der Waals surface area contributed by atoms with Crippen molar-refractivity contribution in [3.05, 3.63) is 23.2 Å². The lowest BCUT2D eigenvalue weighted by Gasteiger charge is -2.25. The van der Waals surface area contributed by atoms with Crippen molar-refractivity contribution in [2.24, 2.45) is 0 Å². The number of nitrogens with zero attached hydrogens (tertiary/aromatic N) is 1. The van der Waals surface area contributed by atoms with Gasteiger partial charge in [-0.05, 0) is 32.8 Å². The van der Waals surface area contributed by atoms with Crippen molar-refractivity contribution < 1.29 is 23.5 Å². The summed E-state index contributed by atoms with van der Waals surface area (Å²) in [5.41, 5.74) is 0.551. The molecule has 140 valence electrons. The number of furan rings is 1. The van der Waals surface area contributed by atoms with Gasteiger partial charge in [-0.15, -0.1) is 0 Å². The molecule has 1 aliphatic rings. The molecular formula is C18H28N2O5. The van der Waals surface area contributed by atoms with Crippen LogP contribution in [0.25, 0.3) is 0 Å². The lowest BCUT2D eigenvalue weighted by molar-refractivity contribution is -0.121. The SMILES string of the molecule is COCCNC(=O)CCN(CC1CCCO1)C(=O)c1cc(C)oc1C. The second-order valence-corrected chi connectivity index (χ2v) is 6.31. The van der Waals surface area contributed by atoms with Gasteiger partial charge in [0.15, 0.2) is 0 Å². The van der Waals surface area contributed by atoms with E-state index in [0.29, 0.717) is 43.3 Å². The number of carbonyl (C=O) groups is 2.